The minimum Gasteiger partial charge on any atom is -0.470 e. The number of nitrogens with zero attached hydrogens (tertiary/aromatic N) is 3. The molecule has 2 heterocycles. The number of anilines is 1. The van der Waals surface area contributed by atoms with Crippen LogP contribution in [0.5, 0.6) is 5.88 Å². The summed E-state index contributed by atoms with van der Waals surface area (Å²) in [5.41, 5.74) is 2.79. The van der Waals surface area contributed by atoms with E-state index in [0.29, 0.717) is 11.0 Å². The number of ether oxygens (including phenoxy) is 1. The number of para-hydroxylation sites is 2. The van der Waals surface area contributed by atoms with Crippen LogP contribution in [-0.2, 0) is 16.6 Å². The summed E-state index contributed by atoms with van der Waals surface area (Å²) < 4.78 is 34.6. The molecule has 0 unspecified atom stereocenters. The molecule has 34 heavy (non-hydrogen) atoms. The van der Waals surface area contributed by atoms with Crippen LogP contribution in [0.1, 0.15) is 5.56 Å². The van der Waals surface area contributed by atoms with Crippen LogP contribution in [0.4, 0.5) is 5.82 Å². The van der Waals surface area contributed by atoms with Gasteiger partial charge in [0, 0.05) is 11.6 Å². The van der Waals surface area contributed by atoms with Gasteiger partial charge in [-0.25, -0.2) is 18.4 Å². The Balaban J connectivity index is 1.51. The molecular formula is C24H16Cl2N4O3S. The van der Waals surface area contributed by atoms with Gasteiger partial charge in [-0.1, -0.05) is 53.5 Å². The molecule has 0 saturated heterocycles. The van der Waals surface area contributed by atoms with Crippen molar-refractivity contribution in [3.63, 3.8) is 0 Å². The first-order valence-corrected chi connectivity index (χ1v) is 12.3. The number of rotatable bonds is 6. The third-order valence-corrected chi connectivity index (χ3v) is 7.33. The molecule has 5 aromatic rings. The van der Waals surface area contributed by atoms with Crippen molar-refractivity contribution in [2.75, 3.05) is 4.72 Å². The highest BCUT2D eigenvalue weighted by Crippen LogP contribution is 2.32. The van der Waals surface area contributed by atoms with Gasteiger partial charge >= 0.3 is 0 Å². The van der Waals surface area contributed by atoms with E-state index in [0.717, 1.165) is 16.5 Å². The van der Waals surface area contributed by atoms with Gasteiger partial charge < -0.3 is 4.74 Å². The molecule has 0 bridgehead atoms. The van der Waals surface area contributed by atoms with E-state index in [2.05, 4.69) is 19.7 Å². The largest absolute Gasteiger partial charge is 0.470 e. The highest BCUT2D eigenvalue weighted by molar-refractivity contribution is 7.92. The molecule has 5 rings (SSSR count). The predicted octanol–water partition coefficient (Wildman–Crippen LogP) is 5.86. The van der Waals surface area contributed by atoms with Gasteiger partial charge in [0.2, 0.25) is 5.82 Å². The lowest BCUT2D eigenvalue weighted by Gasteiger charge is -2.14. The second-order valence-corrected chi connectivity index (χ2v) is 9.78. The first kappa shape index (κ1) is 22.3. The highest BCUT2D eigenvalue weighted by Gasteiger charge is 2.23. The van der Waals surface area contributed by atoms with E-state index in [9.17, 15) is 8.42 Å². The number of aromatic nitrogens is 3. The zero-order chi connectivity index (χ0) is 23.7. The standard InChI is InChI=1S/C24H16Cl2N4O3S/c25-17-6-3-9-21(22(17)26)34(31,32)30-23-24(29-20-8-2-1-7-19(20)28-23)33-14-15-10-11-18-16(13-15)5-4-12-27-18/h1-13H,14H2,(H,28,30). The van der Waals surface area contributed by atoms with Crippen molar-refractivity contribution in [2.24, 2.45) is 0 Å². The van der Waals surface area contributed by atoms with E-state index < -0.39 is 10.0 Å². The third-order valence-electron chi connectivity index (χ3n) is 5.02. The van der Waals surface area contributed by atoms with Gasteiger partial charge in [0.15, 0.2) is 0 Å². The van der Waals surface area contributed by atoms with Gasteiger partial charge in [-0.3, -0.25) is 9.71 Å². The first-order chi connectivity index (χ1) is 16.4. The topological polar surface area (TPSA) is 94.1 Å². The summed E-state index contributed by atoms with van der Waals surface area (Å²) in [4.78, 5) is 13.1. The molecule has 0 aliphatic carbocycles. The van der Waals surface area contributed by atoms with Gasteiger partial charge in [-0.15, -0.1) is 0 Å². The predicted molar refractivity (Wildman–Crippen MR) is 133 cm³/mol. The third kappa shape index (κ3) is 4.48. The number of hydrogen-bond acceptors (Lipinski definition) is 6. The maximum absolute atomic E-state index is 13.1. The van der Waals surface area contributed by atoms with Crippen LogP contribution in [0, 0.1) is 0 Å². The molecule has 0 fully saturated rings. The molecule has 0 aliphatic rings. The molecule has 2 aromatic heterocycles. The number of pyridine rings is 1. The number of nitrogens with one attached hydrogen (secondary N) is 1. The second kappa shape index (κ2) is 9.06. The van der Waals surface area contributed by atoms with E-state index >= 15 is 0 Å². The summed E-state index contributed by atoms with van der Waals surface area (Å²) in [5, 5.41) is 0.999. The van der Waals surface area contributed by atoms with Crippen LogP contribution in [0.3, 0.4) is 0 Å². The zero-order valence-electron chi connectivity index (χ0n) is 17.4. The number of halogens is 2. The first-order valence-electron chi connectivity index (χ1n) is 10.1. The molecule has 1 N–H and O–H groups in total. The van der Waals surface area contributed by atoms with E-state index in [1.807, 2.05) is 36.4 Å². The van der Waals surface area contributed by atoms with Crippen molar-refractivity contribution in [1.82, 2.24) is 15.0 Å². The van der Waals surface area contributed by atoms with Gasteiger partial charge in [-0.2, -0.15) is 0 Å². The normalized spacial score (nSPS) is 11.6. The van der Waals surface area contributed by atoms with Gasteiger partial charge in [0.1, 0.15) is 11.5 Å². The Morgan fingerprint density at radius 2 is 1.65 bits per heavy atom. The summed E-state index contributed by atoms with van der Waals surface area (Å²) in [6.07, 6.45) is 1.73. The second-order valence-electron chi connectivity index (χ2n) is 7.34. The number of hydrogen-bond donors (Lipinski definition) is 1. The molecule has 7 nitrogen and oxygen atoms in total. The number of fused-ring (bicyclic) bond motifs is 2. The van der Waals surface area contributed by atoms with Crippen molar-refractivity contribution in [2.45, 2.75) is 11.5 Å². The van der Waals surface area contributed by atoms with Crippen LogP contribution < -0.4 is 9.46 Å². The van der Waals surface area contributed by atoms with Gasteiger partial charge in [-0.05, 0) is 48.0 Å². The Kier molecular flexibility index (Phi) is 5.95. The summed E-state index contributed by atoms with van der Waals surface area (Å²) in [5.74, 6) is -0.0242. The highest BCUT2D eigenvalue weighted by atomic mass is 35.5. The Bertz CT molecular complexity index is 1640. The van der Waals surface area contributed by atoms with Crippen LogP contribution in [-0.4, -0.2) is 23.4 Å². The minimum atomic E-state index is -4.13. The lowest BCUT2D eigenvalue weighted by atomic mass is 10.1. The number of sulfonamides is 1. The van der Waals surface area contributed by atoms with Crippen LogP contribution in [0.15, 0.2) is 83.9 Å². The van der Waals surface area contributed by atoms with Crippen LogP contribution >= 0.6 is 23.2 Å². The fourth-order valence-corrected chi connectivity index (χ4v) is 5.15. The maximum atomic E-state index is 13.1. The summed E-state index contributed by atoms with van der Waals surface area (Å²) >= 11 is 12.2. The van der Waals surface area contributed by atoms with Crippen molar-refractivity contribution < 1.29 is 13.2 Å². The number of benzene rings is 3. The molecule has 0 saturated carbocycles. The Morgan fingerprint density at radius 1 is 0.853 bits per heavy atom. The van der Waals surface area contributed by atoms with Crippen molar-refractivity contribution in [1.29, 1.82) is 0 Å². The molecule has 0 aliphatic heterocycles. The SMILES string of the molecule is O=S(=O)(Nc1nc2ccccc2nc1OCc1ccc2ncccc2c1)c1cccc(Cl)c1Cl. The molecule has 170 valence electrons. The van der Waals surface area contributed by atoms with Crippen molar-refractivity contribution in [3.8, 4) is 5.88 Å². The summed E-state index contributed by atoms with van der Waals surface area (Å²) in [6.45, 7) is 0.143. The van der Waals surface area contributed by atoms with Crippen molar-refractivity contribution >= 4 is 61.0 Å². The molecule has 0 amide bonds. The Labute approximate surface area is 205 Å². The van der Waals surface area contributed by atoms with Crippen molar-refractivity contribution in [3.05, 3.63) is 94.6 Å². The van der Waals surface area contributed by atoms with Gasteiger partial charge in [0.05, 0.1) is 26.6 Å². The lowest BCUT2D eigenvalue weighted by Crippen LogP contribution is -2.16. The fraction of sp³-hybridized carbons (Fsp3) is 0.0417. The molecule has 10 heteroatoms. The summed E-state index contributed by atoms with van der Waals surface area (Å²) in [7, 11) is -4.13. The molecule has 3 aromatic carbocycles. The monoisotopic (exact) mass is 510 g/mol. The van der Waals surface area contributed by atoms with Crippen LogP contribution in [0.2, 0.25) is 10.0 Å². The zero-order valence-corrected chi connectivity index (χ0v) is 19.8. The molecule has 0 spiro atoms. The fourth-order valence-electron chi connectivity index (χ4n) is 3.39. The lowest BCUT2D eigenvalue weighted by molar-refractivity contribution is 0.296. The maximum Gasteiger partial charge on any atom is 0.264 e. The van der Waals surface area contributed by atoms with Crippen LogP contribution in [0.25, 0.3) is 21.9 Å². The smallest absolute Gasteiger partial charge is 0.264 e. The molecule has 0 radical (unpaired) electrons. The minimum absolute atomic E-state index is 0.0340. The Hall–Kier alpha value is -3.46. The molecule has 0 atom stereocenters. The average Bonchev–Trinajstić information content (AvgIpc) is 2.84. The van der Waals surface area contributed by atoms with Gasteiger partial charge in [0.25, 0.3) is 15.9 Å². The molecular weight excluding hydrogens is 495 g/mol. The van der Waals surface area contributed by atoms with E-state index in [1.165, 1.54) is 18.2 Å². The summed E-state index contributed by atoms with van der Waals surface area (Å²) in [6, 6.07) is 21.0. The Morgan fingerprint density at radius 3 is 2.47 bits per heavy atom. The quantitative estimate of drug-likeness (QED) is 0.307. The average molecular weight is 511 g/mol. The van der Waals surface area contributed by atoms with E-state index in [1.54, 1.807) is 24.4 Å². The van der Waals surface area contributed by atoms with E-state index in [4.69, 9.17) is 27.9 Å². The van der Waals surface area contributed by atoms with E-state index in [-0.39, 0.29) is 33.2 Å².